The molecule has 1 rings (SSSR count). The molecule has 1 aromatic rings. The predicted molar refractivity (Wildman–Crippen MR) is 66.8 cm³/mol. The van der Waals surface area contributed by atoms with E-state index in [1.54, 1.807) is 6.92 Å². The molecule has 2 N–H and O–H groups in total. The topological polar surface area (TPSA) is 110 Å². The second kappa shape index (κ2) is 6.48. The van der Waals surface area contributed by atoms with Crippen molar-refractivity contribution in [3.63, 3.8) is 0 Å². The van der Waals surface area contributed by atoms with E-state index in [0.717, 1.165) is 0 Å². The number of nitrogens with one attached hydrogen (secondary N) is 1. The SMILES string of the molecule is CC(CCNC(=O)c1cccc([N+](=O)[O-])c1)C(=O)O. The van der Waals surface area contributed by atoms with Crippen molar-refractivity contribution in [1.29, 1.82) is 0 Å². The minimum absolute atomic E-state index is 0.161. The first kappa shape index (κ1) is 14.6. The minimum Gasteiger partial charge on any atom is -0.481 e. The second-order valence-electron chi connectivity index (χ2n) is 4.09. The molecule has 0 aliphatic carbocycles. The fourth-order valence-corrected chi connectivity index (χ4v) is 1.39. The van der Waals surface area contributed by atoms with Gasteiger partial charge in [0, 0.05) is 24.2 Å². The standard InChI is InChI=1S/C12H14N2O5/c1-8(12(16)17)5-6-13-11(15)9-3-2-4-10(7-9)14(18)19/h2-4,7-8H,5-6H2,1H3,(H,13,15)(H,16,17). The normalized spacial score (nSPS) is 11.6. The Bertz CT molecular complexity index is 501. The number of rotatable bonds is 6. The number of carboxylic acid groups (broad SMARTS) is 1. The van der Waals surface area contributed by atoms with Crippen molar-refractivity contribution in [2.24, 2.45) is 5.92 Å². The molecule has 0 aromatic heterocycles. The average molecular weight is 266 g/mol. The molecule has 0 fully saturated rings. The van der Waals surface area contributed by atoms with Gasteiger partial charge in [0.1, 0.15) is 0 Å². The third kappa shape index (κ3) is 4.38. The van der Waals surface area contributed by atoms with Crippen molar-refractivity contribution < 1.29 is 19.6 Å². The maximum atomic E-state index is 11.7. The van der Waals surface area contributed by atoms with Gasteiger partial charge >= 0.3 is 5.97 Å². The van der Waals surface area contributed by atoms with Gasteiger partial charge in [0.05, 0.1) is 10.8 Å². The third-order valence-corrected chi connectivity index (χ3v) is 2.60. The Morgan fingerprint density at radius 1 is 1.47 bits per heavy atom. The number of non-ortho nitro benzene ring substituents is 1. The van der Waals surface area contributed by atoms with Crippen molar-refractivity contribution in [2.75, 3.05) is 6.54 Å². The van der Waals surface area contributed by atoms with Crippen LogP contribution in [-0.2, 0) is 4.79 Å². The van der Waals surface area contributed by atoms with E-state index in [0.29, 0.717) is 6.42 Å². The number of hydrogen-bond acceptors (Lipinski definition) is 4. The number of nitro groups is 1. The highest BCUT2D eigenvalue weighted by molar-refractivity contribution is 5.94. The number of amides is 1. The summed E-state index contributed by atoms with van der Waals surface area (Å²) in [6.45, 7) is 1.75. The fraction of sp³-hybridized carbons (Fsp3) is 0.333. The van der Waals surface area contributed by atoms with Crippen LogP contribution in [0.3, 0.4) is 0 Å². The Morgan fingerprint density at radius 2 is 2.16 bits per heavy atom. The van der Waals surface area contributed by atoms with E-state index in [1.165, 1.54) is 24.3 Å². The van der Waals surface area contributed by atoms with E-state index in [9.17, 15) is 19.7 Å². The van der Waals surface area contributed by atoms with Gasteiger partial charge in [-0.3, -0.25) is 19.7 Å². The molecule has 7 heteroatoms. The van der Waals surface area contributed by atoms with Crippen LogP contribution >= 0.6 is 0 Å². The van der Waals surface area contributed by atoms with E-state index in [4.69, 9.17) is 5.11 Å². The number of carbonyl (C=O) groups is 2. The molecule has 0 aliphatic rings. The minimum atomic E-state index is -0.926. The molecule has 0 radical (unpaired) electrons. The lowest BCUT2D eigenvalue weighted by molar-refractivity contribution is -0.384. The van der Waals surface area contributed by atoms with Crippen molar-refractivity contribution >= 4 is 17.6 Å². The summed E-state index contributed by atoms with van der Waals surface area (Å²) < 4.78 is 0. The quantitative estimate of drug-likeness (QED) is 0.598. The number of carboxylic acids is 1. The number of aliphatic carboxylic acids is 1. The zero-order valence-electron chi connectivity index (χ0n) is 10.3. The van der Waals surface area contributed by atoms with Crippen molar-refractivity contribution in [3.8, 4) is 0 Å². The number of nitrogens with zero attached hydrogens (tertiary/aromatic N) is 1. The third-order valence-electron chi connectivity index (χ3n) is 2.60. The van der Waals surface area contributed by atoms with Crippen LogP contribution in [0.2, 0.25) is 0 Å². The molecule has 1 amide bonds. The van der Waals surface area contributed by atoms with E-state index in [1.807, 2.05) is 0 Å². The summed E-state index contributed by atoms with van der Waals surface area (Å²) in [6.07, 6.45) is 0.302. The molecule has 0 heterocycles. The summed E-state index contributed by atoms with van der Waals surface area (Å²) >= 11 is 0. The van der Waals surface area contributed by atoms with Gasteiger partial charge in [0.15, 0.2) is 0 Å². The van der Waals surface area contributed by atoms with Crippen LogP contribution in [0, 0.1) is 16.0 Å². The van der Waals surface area contributed by atoms with Gasteiger partial charge in [-0.1, -0.05) is 13.0 Å². The number of carbonyl (C=O) groups excluding carboxylic acids is 1. The summed E-state index contributed by atoms with van der Waals surface area (Å²) in [6, 6.07) is 5.36. The lowest BCUT2D eigenvalue weighted by Gasteiger charge is -2.07. The number of benzene rings is 1. The van der Waals surface area contributed by atoms with Crippen molar-refractivity contribution in [2.45, 2.75) is 13.3 Å². The molecule has 19 heavy (non-hydrogen) atoms. The average Bonchev–Trinajstić information content (AvgIpc) is 2.38. The Morgan fingerprint density at radius 3 is 2.74 bits per heavy atom. The summed E-state index contributed by atoms with van der Waals surface area (Å²) in [4.78, 5) is 32.2. The molecule has 0 bridgehead atoms. The van der Waals surface area contributed by atoms with Crippen LogP contribution in [0.15, 0.2) is 24.3 Å². The van der Waals surface area contributed by atoms with E-state index < -0.39 is 22.7 Å². The first-order valence-electron chi connectivity index (χ1n) is 5.67. The smallest absolute Gasteiger partial charge is 0.306 e. The lowest BCUT2D eigenvalue weighted by atomic mass is 10.1. The molecular formula is C12H14N2O5. The highest BCUT2D eigenvalue weighted by Gasteiger charge is 2.13. The van der Waals surface area contributed by atoms with Gasteiger partial charge in [-0.25, -0.2) is 0 Å². The van der Waals surface area contributed by atoms with Crippen molar-refractivity contribution in [3.05, 3.63) is 39.9 Å². The summed E-state index contributed by atoms with van der Waals surface area (Å²) in [5.74, 6) is -1.93. The first-order valence-corrected chi connectivity index (χ1v) is 5.67. The molecule has 1 unspecified atom stereocenters. The molecule has 0 saturated carbocycles. The Hall–Kier alpha value is -2.44. The molecule has 1 aromatic carbocycles. The largest absolute Gasteiger partial charge is 0.481 e. The molecule has 7 nitrogen and oxygen atoms in total. The highest BCUT2D eigenvalue weighted by atomic mass is 16.6. The van der Waals surface area contributed by atoms with Crippen LogP contribution in [-0.4, -0.2) is 28.5 Å². The molecule has 0 aliphatic heterocycles. The van der Waals surface area contributed by atoms with Gasteiger partial charge in [0.25, 0.3) is 11.6 Å². The van der Waals surface area contributed by atoms with Crippen molar-refractivity contribution in [1.82, 2.24) is 5.32 Å². The zero-order chi connectivity index (χ0) is 14.4. The maximum absolute atomic E-state index is 11.7. The number of nitro benzene ring substituents is 1. The van der Waals surface area contributed by atoms with Gasteiger partial charge in [0.2, 0.25) is 0 Å². The van der Waals surface area contributed by atoms with Gasteiger partial charge < -0.3 is 10.4 Å². The first-order chi connectivity index (χ1) is 8.91. The zero-order valence-corrected chi connectivity index (χ0v) is 10.3. The number of hydrogen-bond donors (Lipinski definition) is 2. The van der Waals surface area contributed by atoms with Gasteiger partial charge in [-0.2, -0.15) is 0 Å². The molecule has 0 saturated heterocycles. The monoisotopic (exact) mass is 266 g/mol. The Balaban J connectivity index is 2.56. The lowest BCUT2D eigenvalue weighted by Crippen LogP contribution is -2.27. The summed E-state index contributed by atoms with van der Waals surface area (Å²) in [5.41, 5.74) is 0.0173. The second-order valence-corrected chi connectivity index (χ2v) is 4.09. The molecule has 0 spiro atoms. The maximum Gasteiger partial charge on any atom is 0.306 e. The van der Waals surface area contributed by atoms with Crippen LogP contribution in [0.5, 0.6) is 0 Å². The summed E-state index contributed by atoms with van der Waals surface area (Å²) in [7, 11) is 0. The highest BCUT2D eigenvalue weighted by Crippen LogP contribution is 2.12. The van der Waals surface area contributed by atoms with E-state index in [2.05, 4.69) is 5.32 Å². The van der Waals surface area contributed by atoms with Crippen LogP contribution < -0.4 is 5.32 Å². The molecule has 102 valence electrons. The van der Waals surface area contributed by atoms with Crippen LogP contribution in [0.1, 0.15) is 23.7 Å². The van der Waals surface area contributed by atoms with Crippen LogP contribution in [0.4, 0.5) is 5.69 Å². The van der Waals surface area contributed by atoms with Gasteiger partial charge in [-0.15, -0.1) is 0 Å². The Kier molecular flexibility index (Phi) is 4.99. The van der Waals surface area contributed by atoms with E-state index >= 15 is 0 Å². The predicted octanol–water partition coefficient (Wildman–Crippen LogP) is 1.44. The fourth-order valence-electron chi connectivity index (χ4n) is 1.39. The summed E-state index contributed by atoms with van der Waals surface area (Å²) in [5, 5.41) is 21.8. The van der Waals surface area contributed by atoms with Gasteiger partial charge in [-0.05, 0) is 12.5 Å². The molecular weight excluding hydrogens is 252 g/mol. The van der Waals surface area contributed by atoms with E-state index in [-0.39, 0.29) is 17.8 Å². The molecule has 1 atom stereocenters. The Labute approximate surface area is 109 Å². The van der Waals surface area contributed by atoms with Crippen LogP contribution in [0.25, 0.3) is 0 Å².